The molecule has 52 heavy (non-hydrogen) atoms. The largest absolute Gasteiger partial charge is 0.488 e. The number of rotatable bonds is 8. The van der Waals surface area contributed by atoms with E-state index in [0.717, 1.165) is 23.3 Å². The zero-order chi connectivity index (χ0) is 36.9. The van der Waals surface area contributed by atoms with Gasteiger partial charge in [-0.15, -0.1) is 5.10 Å². The molecule has 7 rings (SSSR count). The van der Waals surface area contributed by atoms with Crippen molar-refractivity contribution in [2.75, 3.05) is 36.4 Å². The van der Waals surface area contributed by atoms with Gasteiger partial charge in [-0.25, -0.2) is 4.79 Å². The van der Waals surface area contributed by atoms with Crippen LogP contribution in [-0.4, -0.2) is 73.9 Å². The van der Waals surface area contributed by atoms with E-state index in [1.165, 1.54) is 10.6 Å². The number of halogens is 3. The quantitative estimate of drug-likeness (QED) is 0.254. The summed E-state index contributed by atoms with van der Waals surface area (Å²) in [6.45, 7) is 9.09. The fourth-order valence-electron chi connectivity index (χ4n) is 6.40. The van der Waals surface area contributed by atoms with Crippen molar-refractivity contribution in [3.05, 3.63) is 69.1 Å². The maximum Gasteiger partial charge on any atom is 0.416 e. The maximum atomic E-state index is 14.3. The fraction of sp³-hybridized carbons (Fsp3) is 0.472. The van der Waals surface area contributed by atoms with Crippen LogP contribution < -0.4 is 20.5 Å². The van der Waals surface area contributed by atoms with E-state index in [4.69, 9.17) is 19.2 Å². The van der Waals surface area contributed by atoms with Crippen LogP contribution in [0.3, 0.4) is 0 Å². The minimum absolute atomic E-state index is 0.0691. The number of alkyl halides is 3. The van der Waals surface area contributed by atoms with Crippen molar-refractivity contribution in [2.24, 2.45) is 0 Å². The number of anilines is 2. The molecule has 1 N–H and O–H groups in total. The Morgan fingerprint density at radius 3 is 2.40 bits per heavy atom. The molecule has 2 aromatic carbocycles. The van der Waals surface area contributed by atoms with Crippen molar-refractivity contribution in [1.29, 1.82) is 0 Å². The van der Waals surface area contributed by atoms with E-state index in [1.807, 2.05) is 30.0 Å². The lowest BCUT2D eigenvalue weighted by atomic mass is 10.1. The summed E-state index contributed by atoms with van der Waals surface area (Å²) in [6, 6.07) is 8.68. The van der Waals surface area contributed by atoms with Gasteiger partial charge in [0, 0.05) is 31.7 Å². The molecule has 2 amide bonds. The van der Waals surface area contributed by atoms with E-state index in [0.29, 0.717) is 75.6 Å². The summed E-state index contributed by atoms with van der Waals surface area (Å²) in [5, 5.41) is 7.35. The highest BCUT2D eigenvalue weighted by Crippen LogP contribution is 2.38. The molecular formula is C36H40F3N7O6. The van der Waals surface area contributed by atoms with Gasteiger partial charge in [0.1, 0.15) is 23.6 Å². The number of carbonyl (C=O) groups is 2. The number of nitrogens with zero attached hydrogens (tertiary/aromatic N) is 6. The van der Waals surface area contributed by atoms with Crippen molar-refractivity contribution < 1.29 is 37.0 Å². The molecule has 4 heterocycles. The number of ether oxygens (including phenoxy) is 3. The molecule has 16 heteroatoms. The lowest BCUT2D eigenvalue weighted by Gasteiger charge is -2.37. The Bertz CT molecular complexity index is 2090. The van der Waals surface area contributed by atoms with Crippen LogP contribution in [0.4, 0.5) is 29.3 Å². The first-order valence-corrected chi connectivity index (χ1v) is 17.3. The van der Waals surface area contributed by atoms with E-state index >= 15 is 0 Å². The van der Waals surface area contributed by atoms with Crippen molar-refractivity contribution in [2.45, 2.75) is 84.6 Å². The predicted molar refractivity (Wildman–Crippen MR) is 184 cm³/mol. The summed E-state index contributed by atoms with van der Waals surface area (Å²) in [4.78, 5) is 49.1. The smallest absolute Gasteiger partial charge is 0.416 e. The third-order valence-electron chi connectivity index (χ3n) is 9.09. The second-order valence-corrected chi connectivity index (χ2v) is 14.2. The minimum Gasteiger partial charge on any atom is -0.488 e. The van der Waals surface area contributed by atoms with Crippen molar-refractivity contribution in [1.82, 2.24) is 24.1 Å². The third-order valence-corrected chi connectivity index (χ3v) is 9.09. The van der Waals surface area contributed by atoms with Gasteiger partial charge in [0.05, 0.1) is 36.3 Å². The first-order valence-electron chi connectivity index (χ1n) is 17.3. The molecule has 4 aromatic rings. The van der Waals surface area contributed by atoms with Gasteiger partial charge in [-0.1, -0.05) is 19.1 Å². The van der Waals surface area contributed by atoms with E-state index < -0.39 is 34.9 Å². The average molecular weight is 724 g/mol. The lowest BCUT2D eigenvalue weighted by Crippen LogP contribution is -2.51. The molecule has 3 aliphatic rings. The number of hydrogen-bond acceptors (Lipinski definition) is 9. The molecule has 2 fully saturated rings. The van der Waals surface area contributed by atoms with Crippen LogP contribution in [0.1, 0.15) is 62.9 Å². The summed E-state index contributed by atoms with van der Waals surface area (Å²) in [7, 11) is 0. The molecule has 1 saturated heterocycles. The standard InChI is InChI=1S/C36H40F3N7O6/c1-5-27-30(43-12-14-44(15-13-43)34(49)52-35(2,3)4)32(48)46-33(41-31(42-46)21-6-7-22-19-50-20-23(22)16-21)45(27)18-29(47)40-26-11-8-24(36(37,38)39)17-28(26)51-25-9-10-25/h6-8,11,16-17,25H,5,9-10,12-15,18-20H2,1-4H3,(H,40,47). The number of amides is 2. The predicted octanol–water partition coefficient (Wildman–Crippen LogP) is 5.41. The molecular weight excluding hydrogens is 683 g/mol. The monoisotopic (exact) mass is 723 g/mol. The van der Waals surface area contributed by atoms with Gasteiger partial charge in [0.25, 0.3) is 5.56 Å². The van der Waals surface area contributed by atoms with Crippen molar-refractivity contribution >= 4 is 29.2 Å². The van der Waals surface area contributed by atoms with Crippen molar-refractivity contribution in [3.8, 4) is 17.1 Å². The number of carbonyl (C=O) groups excluding carboxylic acids is 2. The molecule has 0 radical (unpaired) electrons. The van der Waals surface area contributed by atoms with Gasteiger partial charge >= 0.3 is 12.3 Å². The molecule has 2 aliphatic heterocycles. The van der Waals surface area contributed by atoms with E-state index in [1.54, 1.807) is 30.2 Å². The molecule has 2 aromatic heterocycles. The minimum atomic E-state index is -4.59. The summed E-state index contributed by atoms with van der Waals surface area (Å²) in [5.41, 5.74) is 1.66. The SMILES string of the molecule is CCc1c(N2CCN(C(=O)OC(C)(C)C)CC2)c(=O)n2nc(-c3ccc4c(c3)COC4)nc2n1CC(=O)Nc1ccc(C(F)(F)F)cc1OC1CC1. The van der Waals surface area contributed by atoms with Gasteiger partial charge in [-0.3, -0.25) is 9.59 Å². The highest BCUT2D eigenvalue weighted by atomic mass is 19.4. The third kappa shape index (κ3) is 7.29. The topological polar surface area (TPSA) is 133 Å². The summed E-state index contributed by atoms with van der Waals surface area (Å²) >= 11 is 0. The normalized spacial score (nSPS) is 16.3. The highest BCUT2D eigenvalue weighted by Gasteiger charge is 2.34. The zero-order valence-corrected chi connectivity index (χ0v) is 29.4. The van der Waals surface area contributed by atoms with Gasteiger partial charge in [0.2, 0.25) is 11.7 Å². The Morgan fingerprint density at radius 1 is 1.00 bits per heavy atom. The first kappa shape index (κ1) is 35.3. The van der Waals surface area contributed by atoms with Gasteiger partial charge in [-0.05, 0) is 75.4 Å². The van der Waals surface area contributed by atoms with E-state index in [2.05, 4.69) is 10.4 Å². The van der Waals surface area contributed by atoms with E-state index in [9.17, 15) is 27.6 Å². The number of benzene rings is 2. The second kappa shape index (κ2) is 13.5. The summed E-state index contributed by atoms with van der Waals surface area (Å²) < 4.78 is 60.3. The first-order chi connectivity index (χ1) is 24.7. The molecule has 276 valence electrons. The summed E-state index contributed by atoms with van der Waals surface area (Å²) in [5.74, 6) is -0.236. The van der Waals surface area contributed by atoms with Gasteiger partial charge in [0.15, 0.2) is 5.82 Å². The highest BCUT2D eigenvalue weighted by molar-refractivity contribution is 5.92. The van der Waals surface area contributed by atoms with Gasteiger partial charge in [-0.2, -0.15) is 22.7 Å². The lowest BCUT2D eigenvalue weighted by molar-refractivity contribution is -0.137. The van der Waals surface area contributed by atoms with E-state index in [-0.39, 0.29) is 35.7 Å². The Balaban J connectivity index is 1.26. The Labute approximate surface area is 297 Å². The van der Waals surface area contributed by atoms with Crippen LogP contribution in [-0.2, 0) is 46.6 Å². The average Bonchev–Trinajstić information content (AvgIpc) is 3.58. The number of fused-ring (bicyclic) bond motifs is 2. The zero-order valence-electron chi connectivity index (χ0n) is 29.4. The number of nitrogens with one attached hydrogen (secondary N) is 1. The van der Waals surface area contributed by atoms with Crippen LogP contribution in [0.15, 0.2) is 41.2 Å². The Kier molecular flexibility index (Phi) is 9.13. The fourth-order valence-corrected chi connectivity index (χ4v) is 6.40. The number of aromatic nitrogens is 4. The molecule has 13 nitrogen and oxygen atoms in total. The number of piperazine rings is 1. The summed E-state index contributed by atoms with van der Waals surface area (Å²) in [6.07, 6.45) is -3.51. The van der Waals surface area contributed by atoms with Crippen LogP contribution in [0.2, 0.25) is 0 Å². The van der Waals surface area contributed by atoms with Crippen LogP contribution in [0.5, 0.6) is 5.75 Å². The van der Waals surface area contributed by atoms with Crippen LogP contribution in [0, 0.1) is 0 Å². The molecule has 1 saturated carbocycles. The van der Waals surface area contributed by atoms with Crippen molar-refractivity contribution in [3.63, 3.8) is 0 Å². The second-order valence-electron chi connectivity index (χ2n) is 14.2. The Morgan fingerprint density at radius 2 is 1.73 bits per heavy atom. The molecule has 0 bridgehead atoms. The number of hydrogen-bond donors (Lipinski definition) is 1. The van der Waals surface area contributed by atoms with Gasteiger partial charge < -0.3 is 33.9 Å². The molecule has 1 aliphatic carbocycles. The maximum absolute atomic E-state index is 14.3. The van der Waals surface area contributed by atoms with Crippen LogP contribution >= 0.6 is 0 Å². The van der Waals surface area contributed by atoms with Crippen LogP contribution in [0.25, 0.3) is 17.2 Å². The Hall–Kier alpha value is -5.12. The molecule has 0 spiro atoms. The molecule has 0 atom stereocenters. The molecule has 0 unspecified atom stereocenters.